The van der Waals surface area contributed by atoms with Gasteiger partial charge in [-0.25, -0.2) is 0 Å². The van der Waals surface area contributed by atoms with E-state index in [0.29, 0.717) is 17.9 Å². The van der Waals surface area contributed by atoms with E-state index >= 15 is 0 Å². The standard InChI is InChI=1S/C23H30N2O2/c26-22(19-15-18(19)16-8-2-1-3-9-16)25-20-11-5-4-10-17(20)14-21(25)23(27)24-12-6-7-13-24/h1-3,8-9,17-21H,4-7,10-15H2/t17-,18-,19-,20-,21-/m0/s1. The van der Waals surface area contributed by atoms with E-state index < -0.39 is 0 Å². The Balaban J connectivity index is 1.37. The van der Waals surface area contributed by atoms with Gasteiger partial charge in [-0.1, -0.05) is 43.2 Å². The summed E-state index contributed by atoms with van der Waals surface area (Å²) >= 11 is 0. The lowest BCUT2D eigenvalue weighted by Gasteiger charge is -2.35. The number of rotatable bonds is 3. The summed E-state index contributed by atoms with van der Waals surface area (Å²) < 4.78 is 0. The van der Waals surface area contributed by atoms with Crippen molar-refractivity contribution in [3.8, 4) is 0 Å². The first-order valence-electron chi connectivity index (χ1n) is 10.9. The van der Waals surface area contributed by atoms with Gasteiger partial charge in [0.1, 0.15) is 6.04 Å². The van der Waals surface area contributed by atoms with E-state index in [0.717, 1.165) is 45.2 Å². The number of hydrogen-bond donors (Lipinski definition) is 0. The number of carbonyl (C=O) groups excluding carboxylic acids is 2. The minimum Gasteiger partial charge on any atom is -0.341 e. The van der Waals surface area contributed by atoms with Gasteiger partial charge >= 0.3 is 0 Å². The average Bonchev–Trinajstić information content (AvgIpc) is 3.14. The van der Waals surface area contributed by atoms with Gasteiger partial charge in [-0.3, -0.25) is 9.59 Å². The Morgan fingerprint density at radius 3 is 2.37 bits per heavy atom. The average molecular weight is 367 g/mol. The molecule has 2 aliphatic heterocycles. The second-order valence-electron chi connectivity index (χ2n) is 9.00. The zero-order valence-electron chi connectivity index (χ0n) is 16.1. The minimum absolute atomic E-state index is 0.0851. The molecule has 5 rings (SSSR count). The predicted molar refractivity (Wildman–Crippen MR) is 104 cm³/mol. The fraction of sp³-hybridized carbons (Fsp3) is 0.652. The van der Waals surface area contributed by atoms with Gasteiger partial charge in [0.15, 0.2) is 0 Å². The van der Waals surface area contributed by atoms with Gasteiger partial charge in [-0.05, 0) is 55.9 Å². The van der Waals surface area contributed by atoms with Gasteiger partial charge in [0.25, 0.3) is 0 Å². The van der Waals surface area contributed by atoms with Crippen molar-refractivity contribution in [2.75, 3.05) is 13.1 Å². The fourth-order valence-corrected chi connectivity index (χ4v) is 5.87. The van der Waals surface area contributed by atoms with Crippen LogP contribution in [-0.2, 0) is 9.59 Å². The quantitative estimate of drug-likeness (QED) is 0.820. The molecule has 4 fully saturated rings. The molecule has 0 aromatic heterocycles. The number of hydrogen-bond acceptors (Lipinski definition) is 2. The Kier molecular flexibility index (Phi) is 4.45. The van der Waals surface area contributed by atoms with Crippen molar-refractivity contribution < 1.29 is 9.59 Å². The third-order valence-electron chi connectivity index (χ3n) is 7.38. The third kappa shape index (κ3) is 3.07. The third-order valence-corrected chi connectivity index (χ3v) is 7.38. The topological polar surface area (TPSA) is 40.6 Å². The van der Waals surface area contributed by atoms with Crippen molar-refractivity contribution in [3.63, 3.8) is 0 Å². The number of carbonyl (C=O) groups is 2. The molecule has 0 unspecified atom stereocenters. The summed E-state index contributed by atoms with van der Waals surface area (Å²) in [5.41, 5.74) is 1.28. The molecule has 4 heteroatoms. The second kappa shape index (κ2) is 6.96. The molecule has 2 saturated carbocycles. The van der Waals surface area contributed by atoms with Crippen LogP contribution >= 0.6 is 0 Å². The van der Waals surface area contributed by atoms with E-state index in [-0.39, 0.29) is 23.8 Å². The zero-order valence-corrected chi connectivity index (χ0v) is 16.1. The number of nitrogens with zero attached hydrogens (tertiary/aromatic N) is 2. The molecule has 27 heavy (non-hydrogen) atoms. The van der Waals surface area contributed by atoms with Crippen molar-refractivity contribution in [2.24, 2.45) is 11.8 Å². The molecule has 0 spiro atoms. The van der Waals surface area contributed by atoms with Crippen molar-refractivity contribution in [2.45, 2.75) is 69.4 Å². The monoisotopic (exact) mass is 366 g/mol. The highest BCUT2D eigenvalue weighted by molar-refractivity contribution is 5.91. The summed E-state index contributed by atoms with van der Waals surface area (Å²) in [6, 6.07) is 10.5. The Hall–Kier alpha value is -1.84. The lowest BCUT2D eigenvalue weighted by Crippen LogP contribution is -2.50. The maximum Gasteiger partial charge on any atom is 0.245 e. The van der Waals surface area contributed by atoms with Crippen molar-refractivity contribution in [3.05, 3.63) is 35.9 Å². The smallest absolute Gasteiger partial charge is 0.245 e. The molecule has 4 aliphatic rings. The maximum absolute atomic E-state index is 13.5. The van der Waals surface area contributed by atoms with Gasteiger partial charge in [0.05, 0.1) is 0 Å². The lowest BCUT2D eigenvalue weighted by atomic mass is 9.84. The van der Waals surface area contributed by atoms with Gasteiger partial charge in [0, 0.05) is 25.0 Å². The van der Waals surface area contributed by atoms with Crippen molar-refractivity contribution >= 4 is 11.8 Å². The second-order valence-corrected chi connectivity index (χ2v) is 9.00. The maximum atomic E-state index is 13.5. The number of fused-ring (bicyclic) bond motifs is 1. The Morgan fingerprint density at radius 2 is 1.59 bits per heavy atom. The van der Waals surface area contributed by atoms with Crippen LogP contribution in [0.25, 0.3) is 0 Å². The van der Waals surface area contributed by atoms with Crippen LogP contribution in [0.3, 0.4) is 0 Å². The van der Waals surface area contributed by atoms with Crippen LogP contribution < -0.4 is 0 Å². The van der Waals surface area contributed by atoms with Crippen LogP contribution in [0.2, 0.25) is 0 Å². The molecule has 0 N–H and O–H groups in total. The molecule has 1 aromatic rings. The summed E-state index contributed by atoms with van der Waals surface area (Å²) in [6.07, 6.45) is 8.78. The SMILES string of the molecule is O=C([C@@H]1C[C@@H]2CCCC[C@@H]2N1C(=O)[C@H]1C[C@H]1c1ccccc1)N1CCCC1. The molecule has 2 saturated heterocycles. The molecule has 2 amide bonds. The molecule has 144 valence electrons. The number of benzene rings is 1. The first-order chi connectivity index (χ1) is 13.2. The van der Waals surface area contributed by atoms with Crippen LogP contribution in [0.15, 0.2) is 30.3 Å². The van der Waals surface area contributed by atoms with Crippen LogP contribution in [0.4, 0.5) is 0 Å². The van der Waals surface area contributed by atoms with Crippen molar-refractivity contribution in [1.29, 1.82) is 0 Å². The summed E-state index contributed by atoms with van der Waals surface area (Å²) in [4.78, 5) is 30.9. The van der Waals surface area contributed by atoms with Gasteiger partial charge in [-0.15, -0.1) is 0 Å². The molecule has 5 atom stereocenters. The minimum atomic E-state index is -0.194. The molecule has 0 radical (unpaired) electrons. The highest BCUT2D eigenvalue weighted by Gasteiger charge is 2.54. The molecule has 2 heterocycles. The zero-order chi connectivity index (χ0) is 18.4. The lowest BCUT2D eigenvalue weighted by molar-refractivity contribution is -0.146. The molecule has 1 aromatic carbocycles. The van der Waals surface area contributed by atoms with Crippen LogP contribution in [0, 0.1) is 11.8 Å². The summed E-state index contributed by atoms with van der Waals surface area (Å²) in [6.45, 7) is 1.76. The van der Waals surface area contributed by atoms with E-state index in [4.69, 9.17) is 0 Å². The number of amides is 2. The van der Waals surface area contributed by atoms with Crippen LogP contribution in [0.1, 0.15) is 62.8 Å². The largest absolute Gasteiger partial charge is 0.341 e. The first kappa shape index (κ1) is 17.3. The van der Waals surface area contributed by atoms with E-state index in [1.54, 1.807) is 0 Å². The van der Waals surface area contributed by atoms with E-state index in [9.17, 15) is 9.59 Å². The Bertz CT molecular complexity index is 712. The van der Waals surface area contributed by atoms with Crippen LogP contribution in [0.5, 0.6) is 0 Å². The van der Waals surface area contributed by atoms with Gasteiger partial charge in [0.2, 0.25) is 11.8 Å². The Labute approximate surface area is 161 Å². The summed E-state index contributed by atoms with van der Waals surface area (Å²) in [7, 11) is 0. The normalized spacial score (nSPS) is 35.2. The Morgan fingerprint density at radius 1 is 0.852 bits per heavy atom. The fourth-order valence-electron chi connectivity index (χ4n) is 5.87. The highest BCUT2D eigenvalue weighted by Crippen LogP contribution is 2.51. The molecular weight excluding hydrogens is 336 g/mol. The summed E-state index contributed by atoms with van der Waals surface area (Å²) in [5, 5.41) is 0. The van der Waals surface area contributed by atoms with Crippen LogP contribution in [-0.4, -0.2) is 46.8 Å². The molecule has 0 bridgehead atoms. The predicted octanol–water partition coefficient (Wildman–Crippen LogP) is 3.57. The van der Waals surface area contributed by atoms with Gasteiger partial charge < -0.3 is 9.80 Å². The van der Waals surface area contributed by atoms with E-state index in [2.05, 4.69) is 29.2 Å². The highest BCUT2D eigenvalue weighted by atomic mass is 16.2. The van der Waals surface area contributed by atoms with Crippen molar-refractivity contribution in [1.82, 2.24) is 9.80 Å². The van der Waals surface area contributed by atoms with E-state index in [1.807, 2.05) is 11.0 Å². The number of likely N-dealkylation sites (tertiary alicyclic amines) is 2. The molecule has 2 aliphatic carbocycles. The van der Waals surface area contributed by atoms with E-state index in [1.165, 1.54) is 24.8 Å². The first-order valence-corrected chi connectivity index (χ1v) is 10.9. The molecular formula is C23H30N2O2. The summed E-state index contributed by atoms with van der Waals surface area (Å²) in [5.74, 6) is 1.46. The van der Waals surface area contributed by atoms with Gasteiger partial charge in [-0.2, -0.15) is 0 Å². The molecule has 4 nitrogen and oxygen atoms in total.